The molecule has 0 saturated heterocycles. The highest BCUT2D eigenvalue weighted by atomic mass is 35.5. The zero-order valence-corrected chi connectivity index (χ0v) is 9.17. The normalized spacial score (nSPS) is 9.73. The average Bonchev–Trinajstić information content (AvgIpc) is 2.21. The van der Waals surface area contributed by atoms with E-state index < -0.39 is 0 Å². The van der Waals surface area contributed by atoms with Gasteiger partial charge in [-0.2, -0.15) is 0 Å². The number of carbonyl (C=O) groups excluding carboxylic acids is 1. The Labute approximate surface area is 93.5 Å². The Hall–Kier alpha value is -1.26. The Morgan fingerprint density at radius 1 is 1.40 bits per heavy atom. The van der Waals surface area contributed by atoms with Gasteiger partial charge in [-0.25, -0.2) is 5.43 Å². The highest BCUT2D eigenvalue weighted by Gasteiger charge is 1.99. The second-order valence-corrected chi connectivity index (χ2v) is 3.29. The Bertz CT molecular complexity index is 314. The standard InChI is InChI=1S/C10H13ClN2O2/c1-12-13-10(14)6-7-15-9-4-2-8(11)3-5-9/h2-5,12H,6-7H2,1H3,(H,13,14). The highest BCUT2D eigenvalue weighted by Crippen LogP contribution is 2.15. The van der Waals surface area contributed by atoms with Crippen LogP contribution in [0, 0.1) is 0 Å². The van der Waals surface area contributed by atoms with Crippen molar-refractivity contribution in [1.82, 2.24) is 10.9 Å². The average molecular weight is 229 g/mol. The molecule has 82 valence electrons. The molecule has 0 aromatic heterocycles. The molecule has 0 unspecified atom stereocenters. The Balaban J connectivity index is 2.26. The van der Waals surface area contributed by atoms with Gasteiger partial charge in [-0.05, 0) is 24.3 Å². The molecule has 1 amide bonds. The summed E-state index contributed by atoms with van der Waals surface area (Å²) in [5, 5.41) is 0.662. The van der Waals surface area contributed by atoms with Crippen LogP contribution in [-0.2, 0) is 4.79 Å². The van der Waals surface area contributed by atoms with Gasteiger partial charge in [0.15, 0.2) is 0 Å². The van der Waals surface area contributed by atoms with Crippen LogP contribution < -0.4 is 15.6 Å². The largest absolute Gasteiger partial charge is 0.493 e. The third-order valence-corrected chi connectivity index (χ3v) is 1.93. The minimum atomic E-state index is -0.105. The molecule has 1 rings (SSSR count). The van der Waals surface area contributed by atoms with Crippen LogP contribution in [0.5, 0.6) is 5.75 Å². The molecule has 15 heavy (non-hydrogen) atoms. The van der Waals surface area contributed by atoms with E-state index in [2.05, 4.69) is 10.9 Å². The monoisotopic (exact) mass is 228 g/mol. The summed E-state index contributed by atoms with van der Waals surface area (Å²) in [6.45, 7) is 0.342. The lowest BCUT2D eigenvalue weighted by Gasteiger charge is -2.06. The zero-order chi connectivity index (χ0) is 11.1. The summed E-state index contributed by atoms with van der Waals surface area (Å²) in [5.41, 5.74) is 5.00. The van der Waals surface area contributed by atoms with Crippen molar-refractivity contribution in [3.05, 3.63) is 29.3 Å². The molecule has 5 heteroatoms. The fourth-order valence-electron chi connectivity index (χ4n) is 0.994. The number of carbonyl (C=O) groups is 1. The van der Waals surface area contributed by atoms with Gasteiger partial charge in [0.2, 0.25) is 5.91 Å². The fourth-order valence-corrected chi connectivity index (χ4v) is 1.12. The van der Waals surface area contributed by atoms with Crippen molar-refractivity contribution in [1.29, 1.82) is 0 Å². The molecular formula is C10H13ClN2O2. The van der Waals surface area contributed by atoms with Crippen molar-refractivity contribution in [2.45, 2.75) is 6.42 Å². The van der Waals surface area contributed by atoms with Gasteiger partial charge in [0.25, 0.3) is 0 Å². The van der Waals surface area contributed by atoms with Crippen molar-refractivity contribution >= 4 is 17.5 Å². The SMILES string of the molecule is CNNC(=O)CCOc1ccc(Cl)cc1. The zero-order valence-electron chi connectivity index (χ0n) is 8.42. The van der Waals surface area contributed by atoms with Gasteiger partial charge in [-0.1, -0.05) is 11.6 Å². The van der Waals surface area contributed by atoms with Crippen molar-refractivity contribution < 1.29 is 9.53 Å². The van der Waals surface area contributed by atoms with E-state index in [0.29, 0.717) is 23.8 Å². The second kappa shape index (κ2) is 6.27. The van der Waals surface area contributed by atoms with E-state index in [1.165, 1.54) is 0 Å². The molecule has 0 saturated carbocycles. The van der Waals surface area contributed by atoms with Gasteiger partial charge in [0.1, 0.15) is 5.75 Å². The summed E-state index contributed by atoms with van der Waals surface area (Å²) < 4.78 is 5.33. The molecule has 0 radical (unpaired) electrons. The van der Waals surface area contributed by atoms with Gasteiger partial charge >= 0.3 is 0 Å². The molecule has 0 atom stereocenters. The molecule has 0 bridgehead atoms. The molecule has 0 aliphatic carbocycles. The maximum absolute atomic E-state index is 11.0. The second-order valence-electron chi connectivity index (χ2n) is 2.85. The van der Waals surface area contributed by atoms with Gasteiger partial charge in [0, 0.05) is 12.1 Å². The molecule has 0 spiro atoms. The lowest BCUT2D eigenvalue weighted by atomic mass is 10.3. The first-order valence-electron chi connectivity index (χ1n) is 4.56. The Morgan fingerprint density at radius 3 is 2.67 bits per heavy atom. The van der Waals surface area contributed by atoms with Crippen molar-refractivity contribution in [2.75, 3.05) is 13.7 Å². The molecule has 4 nitrogen and oxygen atoms in total. The molecule has 0 aliphatic heterocycles. The summed E-state index contributed by atoms with van der Waals surface area (Å²) >= 11 is 5.71. The van der Waals surface area contributed by atoms with E-state index in [-0.39, 0.29) is 5.91 Å². The Kier molecular flexibility index (Phi) is 4.93. The molecule has 0 aliphatic rings. The van der Waals surface area contributed by atoms with Gasteiger partial charge in [-0.15, -0.1) is 0 Å². The van der Waals surface area contributed by atoms with Crippen molar-refractivity contribution in [3.8, 4) is 5.75 Å². The Morgan fingerprint density at radius 2 is 2.07 bits per heavy atom. The van der Waals surface area contributed by atoms with Crippen LogP contribution in [0.15, 0.2) is 24.3 Å². The summed E-state index contributed by atoms with van der Waals surface area (Å²) in [6.07, 6.45) is 0.309. The van der Waals surface area contributed by atoms with Gasteiger partial charge in [-0.3, -0.25) is 10.2 Å². The third-order valence-electron chi connectivity index (χ3n) is 1.68. The van der Waals surface area contributed by atoms with E-state index >= 15 is 0 Å². The molecule has 1 aromatic carbocycles. The van der Waals surface area contributed by atoms with Crippen LogP contribution in [0.1, 0.15) is 6.42 Å². The van der Waals surface area contributed by atoms with Gasteiger partial charge < -0.3 is 4.74 Å². The molecule has 2 N–H and O–H groups in total. The van der Waals surface area contributed by atoms with E-state index in [0.717, 1.165) is 0 Å². The van der Waals surface area contributed by atoms with E-state index in [1.54, 1.807) is 31.3 Å². The van der Waals surface area contributed by atoms with Crippen LogP contribution >= 0.6 is 11.6 Å². The van der Waals surface area contributed by atoms with Crippen LogP contribution in [0.4, 0.5) is 0 Å². The number of benzene rings is 1. The first-order chi connectivity index (χ1) is 7.22. The minimum Gasteiger partial charge on any atom is -0.493 e. The molecule has 1 aromatic rings. The number of nitrogens with one attached hydrogen (secondary N) is 2. The molecule has 0 heterocycles. The smallest absolute Gasteiger partial charge is 0.237 e. The highest BCUT2D eigenvalue weighted by molar-refractivity contribution is 6.30. The van der Waals surface area contributed by atoms with Crippen molar-refractivity contribution in [2.24, 2.45) is 0 Å². The molecule has 0 fully saturated rings. The maximum Gasteiger partial charge on any atom is 0.237 e. The van der Waals surface area contributed by atoms with Crippen LogP contribution in [0.2, 0.25) is 5.02 Å². The van der Waals surface area contributed by atoms with Crippen LogP contribution in [0.25, 0.3) is 0 Å². The van der Waals surface area contributed by atoms with Crippen LogP contribution in [-0.4, -0.2) is 19.6 Å². The summed E-state index contributed by atoms with van der Waals surface area (Å²) in [5.74, 6) is 0.600. The maximum atomic E-state index is 11.0. The number of hydrogen-bond acceptors (Lipinski definition) is 3. The number of hydrazine groups is 1. The number of hydrogen-bond donors (Lipinski definition) is 2. The molecular weight excluding hydrogens is 216 g/mol. The van der Waals surface area contributed by atoms with Gasteiger partial charge in [0.05, 0.1) is 13.0 Å². The van der Waals surface area contributed by atoms with E-state index in [1.807, 2.05) is 0 Å². The number of halogens is 1. The predicted octanol–water partition coefficient (Wildman–Crippen LogP) is 1.36. The quantitative estimate of drug-likeness (QED) is 0.749. The first-order valence-corrected chi connectivity index (χ1v) is 4.94. The number of rotatable bonds is 5. The first kappa shape index (κ1) is 11.8. The number of amides is 1. The predicted molar refractivity (Wildman–Crippen MR) is 58.8 cm³/mol. The van der Waals surface area contributed by atoms with Crippen LogP contribution in [0.3, 0.4) is 0 Å². The minimum absolute atomic E-state index is 0.105. The topological polar surface area (TPSA) is 50.4 Å². The summed E-state index contributed by atoms with van der Waals surface area (Å²) in [7, 11) is 1.64. The number of ether oxygens (including phenoxy) is 1. The lowest BCUT2D eigenvalue weighted by Crippen LogP contribution is -2.34. The lowest BCUT2D eigenvalue weighted by molar-refractivity contribution is -0.122. The van der Waals surface area contributed by atoms with E-state index in [4.69, 9.17) is 16.3 Å². The summed E-state index contributed by atoms with van der Waals surface area (Å²) in [4.78, 5) is 11.0. The summed E-state index contributed by atoms with van der Waals surface area (Å²) in [6, 6.07) is 7.01. The van der Waals surface area contributed by atoms with E-state index in [9.17, 15) is 4.79 Å². The fraction of sp³-hybridized carbons (Fsp3) is 0.300. The third kappa shape index (κ3) is 4.67. The van der Waals surface area contributed by atoms with Crippen molar-refractivity contribution in [3.63, 3.8) is 0 Å².